The number of nitrogens with zero attached hydrogens (tertiary/aromatic N) is 6. The molecule has 0 amide bonds. The van der Waals surface area contributed by atoms with Crippen LogP contribution in [0.15, 0.2) is 36.7 Å². The van der Waals surface area contributed by atoms with E-state index in [1.54, 1.807) is 6.07 Å². The molecule has 3 rings (SSSR count). The van der Waals surface area contributed by atoms with Crippen molar-refractivity contribution in [1.29, 1.82) is 5.26 Å². The molecule has 0 aliphatic carbocycles. The van der Waals surface area contributed by atoms with Gasteiger partial charge in [-0.3, -0.25) is 4.98 Å². The van der Waals surface area contributed by atoms with Crippen LogP contribution in [0, 0.1) is 17.2 Å². The van der Waals surface area contributed by atoms with Crippen LogP contribution in [0.25, 0.3) is 11.5 Å². The third kappa shape index (κ3) is 5.38. The molecule has 0 spiro atoms. The fraction of sp³-hybridized carbons (Fsp3) is 0.263. The lowest BCUT2D eigenvalue weighted by Gasteiger charge is -2.12. The molecule has 0 aromatic carbocycles. The van der Waals surface area contributed by atoms with Gasteiger partial charge in [-0.1, -0.05) is 19.9 Å². The molecule has 2 N–H and O–H groups in total. The van der Waals surface area contributed by atoms with Gasteiger partial charge >= 0.3 is 6.18 Å². The van der Waals surface area contributed by atoms with E-state index in [0.717, 1.165) is 6.07 Å². The van der Waals surface area contributed by atoms with E-state index >= 15 is 0 Å². The van der Waals surface area contributed by atoms with E-state index < -0.39 is 11.9 Å². The molecule has 0 radical (unpaired) electrons. The molecule has 0 fully saturated rings. The van der Waals surface area contributed by atoms with Gasteiger partial charge in [-0.05, 0) is 24.1 Å². The third-order valence-electron chi connectivity index (χ3n) is 3.70. The highest BCUT2D eigenvalue weighted by Crippen LogP contribution is 2.29. The number of halogens is 3. The zero-order chi connectivity index (χ0) is 21.7. The third-order valence-corrected chi connectivity index (χ3v) is 3.70. The highest BCUT2D eigenvalue weighted by Gasteiger charge is 2.32. The average Bonchev–Trinajstić information content (AvgIpc) is 2.72. The zero-order valence-electron chi connectivity index (χ0n) is 16.1. The van der Waals surface area contributed by atoms with Crippen molar-refractivity contribution in [3.05, 3.63) is 47.9 Å². The van der Waals surface area contributed by atoms with E-state index in [-0.39, 0.29) is 29.3 Å². The molecule has 0 saturated heterocycles. The molecule has 11 heteroatoms. The first-order valence-electron chi connectivity index (χ1n) is 8.91. The minimum Gasteiger partial charge on any atom is -0.354 e. The number of hydrogen-bond acceptors (Lipinski definition) is 8. The molecule has 30 heavy (non-hydrogen) atoms. The minimum absolute atomic E-state index is 0.0331. The van der Waals surface area contributed by atoms with E-state index in [4.69, 9.17) is 5.26 Å². The van der Waals surface area contributed by atoms with Crippen LogP contribution in [0.1, 0.15) is 25.1 Å². The van der Waals surface area contributed by atoms with Crippen LogP contribution in [0.4, 0.5) is 30.8 Å². The van der Waals surface area contributed by atoms with Crippen LogP contribution in [0.3, 0.4) is 0 Å². The number of pyridine rings is 2. The second kappa shape index (κ2) is 8.69. The standard InChI is InChI=1S/C19H17F3N8/c1-11(2)8-25-17-28-16(14-4-3-5-15(27-14)19(20,21)22)29-18(30-17)26-13-6-12(7-23)9-24-10-13/h3-6,9-11H,8H2,1-2H3,(H2,25,26,28,29,30). The number of nitrogens with one attached hydrogen (secondary N) is 2. The van der Waals surface area contributed by atoms with Gasteiger partial charge in [0, 0.05) is 12.7 Å². The predicted molar refractivity (Wildman–Crippen MR) is 104 cm³/mol. The molecule has 0 bridgehead atoms. The lowest BCUT2D eigenvalue weighted by atomic mass is 10.2. The second-order valence-corrected chi connectivity index (χ2v) is 6.69. The van der Waals surface area contributed by atoms with Crippen LogP contribution in [0.2, 0.25) is 0 Å². The van der Waals surface area contributed by atoms with Crippen molar-refractivity contribution in [2.75, 3.05) is 17.2 Å². The van der Waals surface area contributed by atoms with Crippen molar-refractivity contribution < 1.29 is 13.2 Å². The monoisotopic (exact) mass is 414 g/mol. The van der Waals surface area contributed by atoms with Crippen molar-refractivity contribution in [2.45, 2.75) is 20.0 Å². The Morgan fingerprint density at radius 3 is 2.53 bits per heavy atom. The van der Waals surface area contributed by atoms with E-state index in [9.17, 15) is 13.2 Å². The molecule has 3 aromatic rings. The molecule has 3 heterocycles. The maximum absolute atomic E-state index is 13.0. The van der Waals surface area contributed by atoms with Gasteiger partial charge in [-0.15, -0.1) is 0 Å². The number of aromatic nitrogens is 5. The fourth-order valence-corrected chi connectivity index (χ4v) is 2.34. The summed E-state index contributed by atoms with van der Waals surface area (Å²) in [6.07, 6.45) is -1.73. The summed E-state index contributed by atoms with van der Waals surface area (Å²) >= 11 is 0. The number of anilines is 3. The maximum Gasteiger partial charge on any atom is 0.433 e. The Bertz CT molecular complexity index is 1080. The predicted octanol–water partition coefficient (Wildman–Crippen LogP) is 4.03. The van der Waals surface area contributed by atoms with Crippen LogP contribution >= 0.6 is 0 Å². The summed E-state index contributed by atoms with van der Waals surface area (Å²) in [6, 6.07) is 7.01. The van der Waals surface area contributed by atoms with Crippen LogP contribution < -0.4 is 10.6 Å². The first kappa shape index (κ1) is 20.9. The first-order valence-corrected chi connectivity index (χ1v) is 8.91. The smallest absolute Gasteiger partial charge is 0.354 e. The van der Waals surface area contributed by atoms with Gasteiger partial charge in [0.1, 0.15) is 17.5 Å². The number of nitriles is 1. The van der Waals surface area contributed by atoms with Crippen molar-refractivity contribution in [3.63, 3.8) is 0 Å². The normalized spacial score (nSPS) is 11.2. The quantitative estimate of drug-likeness (QED) is 0.622. The van der Waals surface area contributed by atoms with Gasteiger partial charge < -0.3 is 10.6 Å². The van der Waals surface area contributed by atoms with Gasteiger partial charge in [-0.2, -0.15) is 33.4 Å². The Labute approximate surface area is 170 Å². The highest BCUT2D eigenvalue weighted by molar-refractivity contribution is 5.59. The molecule has 0 unspecified atom stereocenters. The van der Waals surface area contributed by atoms with Gasteiger partial charge in [-0.25, -0.2) is 4.98 Å². The zero-order valence-corrected chi connectivity index (χ0v) is 16.1. The molecule has 0 atom stereocenters. The Balaban J connectivity index is 2.01. The molecule has 0 saturated carbocycles. The Kier molecular flexibility index (Phi) is 6.06. The summed E-state index contributed by atoms with van der Waals surface area (Å²) in [5, 5.41) is 14.9. The van der Waals surface area contributed by atoms with Crippen LogP contribution in [-0.4, -0.2) is 31.5 Å². The van der Waals surface area contributed by atoms with E-state index in [1.165, 1.54) is 24.5 Å². The molecular formula is C19H17F3N8. The van der Waals surface area contributed by atoms with Gasteiger partial charge in [0.25, 0.3) is 0 Å². The summed E-state index contributed by atoms with van der Waals surface area (Å²) in [6.45, 7) is 4.52. The molecule has 0 aliphatic rings. The molecule has 8 nitrogen and oxygen atoms in total. The van der Waals surface area contributed by atoms with Gasteiger partial charge in [0.2, 0.25) is 11.9 Å². The Hall–Kier alpha value is -3.81. The maximum atomic E-state index is 13.0. The number of alkyl halides is 3. The van der Waals surface area contributed by atoms with Crippen molar-refractivity contribution >= 4 is 17.6 Å². The topological polar surface area (TPSA) is 112 Å². The van der Waals surface area contributed by atoms with Crippen molar-refractivity contribution in [2.24, 2.45) is 5.92 Å². The van der Waals surface area contributed by atoms with Crippen LogP contribution in [0.5, 0.6) is 0 Å². The fourth-order valence-electron chi connectivity index (χ4n) is 2.34. The number of hydrogen-bond donors (Lipinski definition) is 2. The molecule has 154 valence electrons. The molecular weight excluding hydrogens is 397 g/mol. The summed E-state index contributed by atoms with van der Waals surface area (Å²) in [5.41, 5.74) is -0.325. The largest absolute Gasteiger partial charge is 0.433 e. The summed E-state index contributed by atoms with van der Waals surface area (Å²) in [4.78, 5) is 20.2. The number of rotatable bonds is 6. The summed E-state index contributed by atoms with van der Waals surface area (Å²) in [7, 11) is 0. The second-order valence-electron chi connectivity index (χ2n) is 6.69. The lowest BCUT2D eigenvalue weighted by molar-refractivity contribution is -0.141. The summed E-state index contributed by atoms with van der Waals surface area (Å²) < 4.78 is 39.1. The van der Waals surface area contributed by atoms with Crippen LogP contribution in [-0.2, 0) is 6.18 Å². The first-order chi connectivity index (χ1) is 14.2. The minimum atomic E-state index is -4.59. The molecule has 3 aromatic heterocycles. The van der Waals surface area contributed by atoms with Gasteiger partial charge in [0.05, 0.1) is 17.4 Å². The Morgan fingerprint density at radius 1 is 1.07 bits per heavy atom. The van der Waals surface area contributed by atoms with E-state index in [2.05, 4.69) is 35.6 Å². The summed E-state index contributed by atoms with van der Waals surface area (Å²) in [5.74, 6) is 0.501. The lowest BCUT2D eigenvalue weighted by Crippen LogP contribution is -2.13. The highest BCUT2D eigenvalue weighted by atomic mass is 19.4. The Morgan fingerprint density at radius 2 is 1.83 bits per heavy atom. The SMILES string of the molecule is CC(C)CNc1nc(Nc2cncc(C#N)c2)nc(-c2cccc(C(F)(F)F)n2)n1. The van der Waals surface area contributed by atoms with Gasteiger partial charge in [0.15, 0.2) is 5.82 Å². The van der Waals surface area contributed by atoms with E-state index in [1.807, 2.05) is 19.9 Å². The van der Waals surface area contributed by atoms with Crippen molar-refractivity contribution in [1.82, 2.24) is 24.9 Å². The van der Waals surface area contributed by atoms with E-state index in [0.29, 0.717) is 17.8 Å². The van der Waals surface area contributed by atoms with Crippen molar-refractivity contribution in [3.8, 4) is 17.6 Å². The molecule has 0 aliphatic heterocycles. The average molecular weight is 414 g/mol.